The quantitative estimate of drug-likeness (QED) is 0.300. The number of rotatable bonds is 9. The Morgan fingerprint density at radius 3 is 2.43 bits per heavy atom. The van der Waals surface area contributed by atoms with E-state index in [9.17, 15) is 19.8 Å². The second-order valence-corrected chi connectivity index (χ2v) is 9.42. The number of hydrogen-bond acceptors (Lipinski definition) is 8. The molecular formula is C28H34N2O7. The summed E-state index contributed by atoms with van der Waals surface area (Å²) in [5, 5.41) is 21.4. The van der Waals surface area contributed by atoms with Crippen LogP contribution in [0.5, 0.6) is 17.2 Å². The minimum absolute atomic E-state index is 0.00152. The standard InChI is InChI=1S/C28H34N2O7/c1-18(2)37-21-8-5-19(6-9-21)26(32)24-25(20-7-10-22(31)23(17-20)35-3)30(28(34)27(24)33)12-4-11-29-13-15-36-16-14-29/h5-10,17-18,25,31-32H,4,11-16H2,1-3H3/b26-24+. The third-order valence-electron chi connectivity index (χ3n) is 6.54. The number of methoxy groups -OCH3 is 1. The molecule has 0 bridgehead atoms. The minimum Gasteiger partial charge on any atom is -0.507 e. The smallest absolute Gasteiger partial charge is 0.295 e. The van der Waals surface area contributed by atoms with E-state index in [0.29, 0.717) is 43.1 Å². The molecule has 2 aliphatic rings. The Morgan fingerprint density at radius 1 is 1.08 bits per heavy atom. The van der Waals surface area contributed by atoms with Gasteiger partial charge in [0.1, 0.15) is 11.5 Å². The number of likely N-dealkylation sites (tertiary alicyclic amines) is 1. The number of aliphatic hydroxyl groups excluding tert-OH is 1. The molecule has 2 aromatic rings. The molecule has 2 N–H and O–H groups in total. The van der Waals surface area contributed by atoms with Crippen LogP contribution in [0.15, 0.2) is 48.0 Å². The van der Waals surface area contributed by atoms with Gasteiger partial charge in [-0.15, -0.1) is 0 Å². The lowest BCUT2D eigenvalue weighted by atomic mass is 9.95. The van der Waals surface area contributed by atoms with E-state index in [2.05, 4.69) is 4.90 Å². The van der Waals surface area contributed by atoms with Crippen molar-refractivity contribution in [3.05, 3.63) is 59.2 Å². The van der Waals surface area contributed by atoms with Crippen LogP contribution in [-0.4, -0.2) is 84.3 Å². The third kappa shape index (κ3) is 5.89. The van der Waals surface area contributed by atoms with Gasteiger partial charge in [-0.05, 0) is 62.2 Å². The monoisotopic (exact) mass is 510 g/mol. The Balaban J connectivity index is 1.69. The average molecular weight is 511 g/mol. The molecule has 9 heteroatoms. The van der Waals surface area contributed by atoms with Gasteiger partial charge in [0.25, 0.3) is 11.7 Å². The van der Waals surface area contributed by atoms with Gasteiger partial charge in [-0.3, -0.25) is 14.5 Å². The molecule has 2 saturated heterocycles. The van der Waals surface area contributed by atoms with E-state index in [0.717, 1.165) is 19.6 Å². The average Bonchev–Trinajstić information content (AvgIpc) is 3.14. The lowest BCUT2D eigenvalue weighted by Gasteiger charge is -2.29. The second-order valence-electron chi connectivity index (χ2n) is 9.42. The molecule has 4 rings (SSSR count). The highest BCUT2D eigenvalue weighted by Crippen LogP contribution is 2.42. The van der Waals surface area contributed by atoms with Crippen LogP contribution in [0.25, 0.3) is 5.76 Å². The second kappa shape index (κ2) is 11.7. The van der Waals surface area contributed by atoms with E-state index >= 15 is 0 Å². The molecule has 2 aromatic carbocycles. The number of phenols is 1. The first-order valence-corrected chi connectivity index (χ1v) is 12.5. The Bertz CT molecular complexity index is 1150. The summed E-state index contributed by atoms with van der Waals surface area (Å²) >= 11 is 0. The lowest BCUT2D eigenvalue weighted by molar-refractivity contribution is -0.140. The van der Waals surface area contributed by atoms with Crippen molar-refractivity contribution >= 4 is 17.4 Å². The van der Waals surface area contributed by atoms with Crippen LogP contribution in [-0.2, 0) is 14.3 Å². The molecule has 0 aliphatic carbocycles. The molecule has 0 radical (unpaired) electrons. The zero-order chi connectivity index (χ0) is 26.5. The molecular weight excluding hydrogens is 476 g/mol. The number of aliphatic hydroxyl groups is 1. The molecule has 2 aliphatic heterocycles. The van der Waals surface area contributed by atoms with Crippen molar-refractivity contribution in [1.29, 1.82) is 0 Å². The van der Waals surface area contributed by atoms with E-state index in [4.69, 9.17) is 14.2 Å². The predicted molar refractivity (Wildman–Crippen MR) is 138 cm³/mol. The number of aromatic hydroxyl groups is 1. The summed E-state index contributed by atoms with van der Waals surface area (Å²) < 4.78 is 16.3. The SMILES string of the molecule is COc1cc(C2/C(=C(\O)c3ccc(OC(C)C)cc3)C(=O)C(=O)N2CCCN2CCOCC2)ccc1O. The molecule has 37 heavy (non-hydrogen) atoms. The first-order chi connectivity index (χ1) is 17.8. The minimum atomic E-state index is -0.828. The number of carbonyl (C=O) groups excluding carboxylic acids is 2. The van der Waals surface area contributed by atoms with E-state index in [1.165, 1.54) is 18.1 Å². The van der Waals surface area contributed by atoms with Crippen LogP contribution in [0.4, 0.5) is 0 Å². The Labute approximate surface area is 216 Å². The van der Waals surface area contributed by atoms with Crippen molar-refractivity contribution < 1.29 is 34.0 Å². The van der Waals surface area contributed by atoms with Gasteiger partial charge in [-0.2, -0.15) is 0 Å². The first-order valence-electron chi connectivity index (χ1n) is 12.5. The van der Waals surface area contributed by atoms with E-state index in [1.54, 1.807) is 36.4 Å². The fourth-order valence-electron chi connectivity index (χ4n) is 4.73. The Hall–Kier alpha value is -3.56. The maximum atomic E-state index is 13.3. The summed E-state index contributed by atoms with van der Waals surface area (Å²) in [5.74, 6) is -0.885. The Kier molecular flexibility index (Phi) is 8.35. The van der Waals surface area contributed by atoms with Gasteiger partial charge < -0.3 is 29.3 Å². The number of hydrogen-bond donors (Lipinski definition) is 2. The molecule has 198 valence electrons. The van der Waals surface area contributed by atoms with Crippen LogP contribution < -0.4 is 9.47 Å². The number of Topliss-reactive ketones (excluding diaryl/α,β-unsaturated/α-hetero) is 1. The summed E-state index contributed by atoms with van der Waals surface area (Å²) in [7, 11) is 1.43. The highest BCUT2D eigenvalue weighted by Gasteiger charge is 2.46. The number of carbonyl (C=O) groups is 2. The van der Waals surface area contributed by atoms with E-state index < -0.39 is 17.7 Å². The van der Waals surface area contributed by atoms with Gasteiger partial charge in [-0.25, -0.2) is 0 Å². The number of phenolic OH excluding ortho intramolecular Hbond substituents is 1. The van der Waals surface area contributed by atoms with Crippen molar-refractivity contribution in [3.63, 3.8) is 0 Å². The molecule has 1 unspecified atom stereocenters. The fraction of sp³-hybridized carbons (Fsp3) is 0.429. The molecule has 1 atom stereocenters. The van der Waals surface area contributed by atoms with Gasteiger partial charge in [0.05, 0.1) is 38.0 Å². The maximum absolute atomic E-state index is 13.3. The van der Waals surface area contributed by atoms with Crippen LogP contribution in [0, 0.1) is 0 Å². The van der Waals surface area contributed by atoms with Crippen molar-refractivity contribution in [2.75, 3.05) is 46.5 Å². The third-order valence-corrected chi connectivity index (χ3v) is 6.54. The summed E-state index contributed by atoms with van der Waals surface area (Å²) in [5.41, 5.74) is 0.960. The number of nitrogens with zero attached hydrogens (tertiary/aromatic N) is 2. The van der Waals surface area contributed by atoms with E-state index in [-0.39, 0.29) is 28.9 Å². The molecule has 2 heterocycles. The van der Waals surface area contributed by atoms with Gasteiger partial charge in [0, 0.05) is 31.7 Å². The summed E-state index contributed by atoms with van der Waals surface area (Å²) in [4.78, 5) is 30.2. The van der Waals surface area contributed by atoms with Crippen molar-refractivity contribution in [2.24, 2.45) is 0 Å². The van der Waals surface area contributed by atoms with E-state index in [1.807, 2.05) is 13.8 Å². The van der Waals surface area contributed by atoms with Crippen LogP contribution in [0.1, 0.15) is 37.4 Å². The van der Waals surface area contributed by atoms with Gasteiger partial charge in [-0.1, -0.05) is 6.07 Å². The number of amides is 1. The summed E-state index contributed by atoms with van der Waals surface area (Å²) in [6.45, 7) is 7.93. The molecule has 1 amide bonds. The van der Waals surface area contributed by atoms with Crippen molar-refractivity contribution in [1.82, 2.24) is 9.80 Å². The van der Waals surface area contributed by atoms with Crippen molar-refractivity contribution in [2.45, 2.75) is 32.4 Å². The number of morpholine rings is 1. The summed E-state index contributed by atoms with van der Waals surface area (Å²) in [6.07, 6.45) is 0.645. The number of ether oxygens (including phenoxy) is 3. The van der Waals surface area contributed by atoms with Gasteiger partial charge in [0.15, 0.2) is 11.5 Å². The topological polar surface area (TPSA) is 109 Å². The lowest BCUT2D eigenvalue weighted by Crippen LogP contribution is -2.38. The van der Waals surface area contributed by atoms with Gasteiger partial charge in [0.2, 0.25) is 0 Å². The zero-order valence-electron chi connectivity index (χ0n) is 21.5. The van der Waals surface area contributed by atoms with Crippen LogP contribution in [0.3, 0.4) is 0 Å². The normalized spacial score (nSPS) is 20.0. The summed E-state index contributed by atoms with van der Waals surface area (Å²) in [6, 6.07) is 10.6. The molecule has 0 saturated carbocycles. The van der Waals surface area contributed by atoms with Crippen LogP contribution >= 0.6 is 0 Å². The maximum Gasteiger partial charge on any atom is 0.295 e. The highest BCUT2D eigenvalue weighted by atomic mass is 16.5. The molecule has 2 fully saturated rings. The first kappa shape index (κ1) is 26.5. The predicted octanol–water partition coefficient (Wildman–Crippen LogP) is 3.33. The largest absolute Gasteiger partial charge is 0.507 e. The fourth-order valence-corrected chi connectivity index (χ4v) is 4.73. The van der Waals surface area contributed by atoms with Crippen molar-refractivity contribution in [3.8, 4) is 17.2 Å². The molecule has 9 nitrogen and oxygen atoms in total. The van der Waals surface area contributed by atoms with Crippen LogP contribution in [0.2, 0.25) is 0 Å². The highest BCUT2D eigenvalue weighted by molar-refractivity contribution is 6.46. The number of benzene rings is 2. The molecule has 0 spiro atoms. The molecule has 0 aromatic heterocycles. The zero-order valence-corrected chi connectivity index (χ0v) is 21.5. The Morgan fingerprint density at radius 2 is 1.78 bits per heavy atom. The van der Waals surface area contributed by atoms with Gasteiger partial charge >= 0.3 is 0 Å². The number of ketones is 1.